The van der Waals surface area contributed by atoms with E-state index in [4.69, 9.17) is 4.42 Å². The number of ether oxygens (including phenoxy) is 1. The zero-order valence-corrected chi connectivity index (χ0v) is 12.6. The maximum atomic E-state index is 11.7. The molecule has 0 aliphatic rings. The number of benzene rings is 2. The molecular formula is C17H12N2O5. The summed E-state index contributed by atoms with van der Waals surface area (Å²) in [5, 5.41) is 11.9. The summed E-state index contributed by atoms with van der Waals surface area (Å²) < 4.78 is 10.2. The first-order valence-corrected chi connectivity index (χ1v) is 6.99. The minimum absolute atomic E-state index is 0.0166. The van der Waals surface area contributed by atoms with Gasteiger partial charge < -0.3 is 9.15 Å². The molecule has 0 saturated heterocycles. The van der Waals surface area contributed by atoms with Crippen molar-refractivity contribution in [1.82, 2.24) is 0 Å². The fourth-order valence-corrected chi connectivity index (χ4v) is 2.20. The van der Waals surface area contributed by atoms with Crippen LogP contribution in [0, 0.1) is 10.1 Å². The first-order valence-electron chi connectivity index (χ1n) is 6.99. The molecule has 1 aromatic heterocycles. The fraction of sp³-hybridized carbons (Fsp3) is 0.0588. The molecule has 0 saturated carbocycles. The summed E-state index contributed by atoms with van der Waals surface area (Å²) in [6, 6.07) is 14.4. The summed E-state index contributed by atoms with van der Waals surface area (Å²) in [6.45, 7) is 0. The highest BCUT2D eigenvalue weighted by Crippen LogP contribution is 2.19. The number of esters is 1. The van der Waals surface area contributed by atoms with Gasteiger partial charge in [0.05, 0.1) is 23.1 Å². The first kappa shape index (κ1) is 15.4. The maximum absolute atomic E-state index is 11.7. The maximum Gasteiger partial charge on any atom is 0.374 e. The number of rotatable bonds is 3. The standard InChI is InChI=1S/C17H12N2O5/c1-23-17(20)16-10-14(13-4-2-3-5-15(13)24-16)18-11-6-8-12(9-7-11)19(21)22/h2-10H,1H3. The molecule has 0 atom stereocenters. The lowest BCUT2D eigenvalue weighted by atomic mass is 10.2. The van der Waals surface area contributed by atoms with Gasteiger partial charge in [-0.3, -0.25) is 10.1 Å². The number of para-hydroxylation sites is 1. The molecule has 0 N–H and O–H groups in total. The molecule has 0 amide bonds. The number of nitrogens with zero attached hydrogens (tertiary/aromatic N) is 2. The molecule has 1 heterocycles. The van der Waals surface area contributed by atoms with Crippen molar-refractivity contribution in [3.05, 3.63) is 75.8 Å². The molecule has 7 heteroatoms. The second kappa shape index (κ2) is 6.33. The van der Waals surface area contributed by atoms with E-state index in [0.29, 0.717) is 22.0 Å². The van der Waals surface area contributed by atoms with E-state index in [1.165, 1.54) is 37.4 Å². The molecule has 2 aromatic carbocycles. The van der Waals surface area contributed by atoms with E-state index in [0.717, 1.165) is 0 Å². The lowest BCUT2D eigenvalue weighted by Gasteiger charge is -2.03. The van der Waals surface area contributed by atoms with Gasteiger partial charge in [-0.15, -0.1) is 0 Å². The molecule has 0 fully saturated rings. The van der Waals surface area contributed by atoms with Crippen LogP contribution in [0.15, 0.2) is 64.0 Å². The van der Waals surface area contributed by atoms with Crippen molar-refractivity contribution < 1.29 is 18.9 Å². The lowest BCUT2D eigenvalue weighted by molar-refractivity contribution is -0.384. The van der Waals surface area contributed by atoms with Gasteiger partial charge in [-0.2, -0.15) is 0 Å². The number of fused-ring (bicyclic) bond motifs is 1. The molecule has 0 spiro atoms. The third-order valence-corrected chi connectivity index (χ3v) is 3.35. The molecule has 120 valence electrons. The van der Waals surface area contributed by atoms with Crippen molar-refractivity contribution in [1.29, 1.82) is 0 Å². The molecule has 0 radical (unpaired) electrons. The van der Waals surface area contributed by atoms with E-state index in [1.807, 2.05) is 12.1 Å². The van der Waals surface area contributed by atoms with Crippen molar-refractivity contribution in [2.24, 2.45) is 4.99 Å². The van der Waals surface area contributed by atoms with Gasteiger partial charge >= 0.3 is 5.97 Å². The van der Waals surface area contributed by atoms with E-state index in [9.17, 15) is 14.9 Å². The van der Waals surface area contributed by atoms with Gasteiger partial charge in [-0.05, 0) is 24.3 Å². The Balaban J connectivity index is 2.19. The zero-order valence-electron chi connectivity index (χ0n) is 12.6. The Morgan fingerprint density at radius 2 is 1.88 bits per heavy atom. The number of hydrogen-bond donors (Lipinski definition) is 0. The lowest BCUT2D eigenvalue weighted by Crippen LogP contribution is -2.09. The number of non-ortho nitro benzene ring substituents is 1. The summed E-state index contributed by atoms with van der Waals surface area (Å²) in [5.74, 6) is -0.585. The van der Waals surface area contributed by atoms with Gasteiger partial charge in [0.25, 0.3) is 5.69 Å². The molecular weight excluding hydrogens is 312 g/mol. The highest BCUT2D eigenvalue weighted by atomic mass is 16.6. The summed E-state index contributed by atoms with van der Waals surface area (Å²) in [6.07, 6.45) is 0. The van der Waals surface area contributed by atoms with Crippen LogP contribution in [0.5, 0.6) is 0 Å². The molecule has 0 unspecified atom stereocenters. The Labute approximate surface area is 136 Å². The molecule has 0 aliphatic carbocycles. The monoisotopic (exact) mass is 324 g/mol. The van der Waals surface area contributed by atoms with Crippen molar-refractivity contribution in [2.75, 3.05) is 7.11 Å². The number of methoxy groups -OCH3 is 1. The van der Waals surface area contributed by atoms with Crippen LogP contribution in [0.1, 0.15) is 10.6 Å². The summed E-state index contributed by atoms with van der Waals surface area (Å²) in [4.78, 5) is 26.4. The van der Waals surface area contributed by atoms with Crippen LogP contribution in [0.3, 0.4) is 0 Å². The largest absolute Gasteiger partial charge is 0.463 e. The number of carbonyl (C=O) groups excluding carboxylic acids is 1. The fourth-order valence-electron chi connectivity index (χ4n) is 2.20. The number of nitro benzene ring substituents is 1. The van der Waals surface area contributed by atoms with Crippen LogP contribution in [-0.2, 0) is 4.74 Å². The minimum Gasteiger partial charge on any atom is -0.463 e. The van der Waals surface area contributed by atoms with E-state index in [1.54, 1.807) is 12.1 Å². The second-order valence-corrected chi connectivity index (χ2v) is 4.87. The van der Waals surface area contributed by atoms with Gasteiger partial charge in [0.15, 0.2) is 0 Å². The predicted octanol–water partition coefficient (Wildman–Crippen LogP) is 3.36. The number of hydrogen-bond acceptors (Lipinski definition) is 6. The van der Waals surface area contributed by atoms with Crippen molar-refractivity contribution >= 4 is 28.3 Å². The van der Waals surface area contributed by atoms with Crippen LogP contribution >= 0.6 is 0 Å². The van der Waals surface area contributed by atoms with Crippen LogP contribution in [0.25, 0.3) is 11.0 Å². The Hall–Kier alpha value is -3.48. The summed E-state index contributed by atoms with van der Waals surface area (Å²) >= 11 is 0. The SMILES string of the molecule is COC(=O)c1cc(=Nc2ccc([N+](=O)[O-])cc2)c2ccccc2o1. The van der Waals surface area contributed by atoms with Crippen molar-refractivity contribution in [3.63, 3.8) is 0 Å². The summed E-state index contributed by atoms with van der Waals surface area (Å²) in [5.41, 5.74) is 0.992. The van der Waals surface area contributed by atoms with Crippen LogP contribution in [0.2, 0.25) is 0 Å². The van der Waals surface area contributed by atoms with Gasteiger partial charge in [0.2, 0.25) is 5.76 Å². The smallest absolute Gasteiger partial charge is 0.374 e. The Morgan fingerprint density at radius 3 is 2.54 bits per heavy atom. The molecule has 7 nitrogen and oxygen atoms in total. The average Bonchev–Trinajstić information content (AvgIpc) is 2.61. The van der Waals surface area contributed by atoms with Gasteiger partial charge in [-0.25, -0.2) is 9.79 Å². The quantitative estimate of drug-likeness (QED) is 0.418. The topological polar surface area (TPSA) is 94.9 Å². The predicted molar refractivity (Wildman–Crippen MR) is 85.9 cm³/mol. The Morgan fingerprint density at radius 1 is 1.17 bits per heavy atom. The van der Waals surface area contributed by atoms with Crippen LogP contribution in [-0.4, -0.2) is 18.0 Å². The highest BCUT2D eigenvalue weighted by molar-refractivity contribution is 5.88. The molecule has 0 aliphatic heterocycles. The summed E-state index contributed by atoms with van der Waals surface area (Å²) in [7, 11) is 1.26. The molecule has 3 rings (SSSR count). The highest BCUT2D eigenvalue weighted by Gasteiger charge is 2.11. The molecule has 24 heavy (non-hydrogen) atoms. The van der Waals surface area contributed by atoms with Gasteiger partial charge in [-0.1, -0.05) is 12.1 Å². The molecule has 0 bridgehead atoms. The first-order chi connectivity index (χ1) is 11.6. The van der Waals surface area contributed by atoms with E-state index in [2.05, 4.69) is 9.73 Å². The zero-order chi connectivity index (χ0) is 17.1. The number of nitro groups is 1. The molecule has 3 aromatic rings. The van der Waals surface area contributed by atoms with Gasteiger partial charge in [0, 0.05) is 23.6 Å². The van der Waals surface area contributed by atoms with E-state index < -0.39 is 10.9 Å². The number of carbonyl (C=O) groups is 1. The third kappa shape index (κ3) is 3.00. The van der Waals surface area contributed by atoms with Crippen molar-refractivity contribution in [3.8, 4) is 0 Å². The Bertz CT molecular complexity index is 990. The normalized spacial score (nSPS) is 11.5. The van der Waals surface area contributed by atoms with E-state index in [-0.39, 0.29) is 11.4 Å². The van der Waals surface area contributed by atoms with E-state index >= 15 is 0 Å². The Kier molecular flexibility index (Phi) is 4.07. The van der Waals surface area contributed by atoms with Crippen LogP contribution < -0.4 is 5.36 Å². The average molecular weight is 324 g/mol. The van der Waals surface area contributed by atoms with Crippen LogP contribution in [0.4, 0.5) is 11.4 Å². The second-order valence-electron chi connectivity index (χ2n) is 4.87. The minimum atomic E-state index is -0.610. The third-order valence-electron chi connectivity index (χ3n) is 3.35. The van der Waals surface area contributed by atoms with Gasteiger partial charge in [0.1, 0.15) is 5.58 Å². The van der Waals surface area contributed by atoms with Crippen molar-refractivity contribution in [2.45, 2.75) is 0 Å².